The lowest BCUT2D eigenvalue weighted by Crippen LogP contribution is -2.12. The Morgan fingerprint density at radius 2 is 2.06 bits per heavy atom. The van der Waals surface area contributed by atoms with E-state index >= 15 is 0 Å². The van der Waals surface area contributed by atoms with E-state index in [0.717, 1.165) is 5.56 Å². The van der Waals surface area contributed by atoms with Crippen molar-refractivity contribution in [2.45, 2.75) is 13.0 Å². The normalized spacial score (nSPS) is 12.7. The highest BCUT2D eigenvalue weighted by Gasteiger charge is 2.14. The van der Waals surface area contributed by atoms with E-state index in [1.165, 1.54) is 0 Å². The van der Waals surface area contributed by atoms with Gasteiger partial charge in [-0.2, -0.15) is 4.98 Å². The number of nitrogens with zero attached hydrogens (tertiary/aromatic N) is 2. The topological polar surface area (TPSA) is 51.0 Å². The van der Waals surface area contributed by atoms with Crippen LogP contribution in [0.4, 0.5) is 0 Å². The fraction of sp³-hybridized carbons (Fsp3) is 0.273. The van der Waals surface area contributed by atoms with Crippen molar-refractivity contribution in [2.24, 2.45) is 0 Å². The maximum Gasteiger partial charge on any atom is 0.243 e. The predicted molar refractivity (Wildman–Crippen MR) is 67.2 cm³/mol. The third-order valence-electron chi connectivity index (χ3n) is 2.42. The van der Waals surface area contributed by atoms with Gasteiger partial charge >= 0.3 is 0 Å². The zero-order valence-electron chi connectivity index (χ0n) is 9.37. The summed E-state index contributed by atoms with van der Waals surface area (Å²) in [4.78, 5) is 4.28. The molecule has 0 saturated heterocycles. The molecule has 0 spiro atoms. The highest BCUT2D eigenvalue weighted by molar-refractivity contribution is 6.42. The summed E-state index contributed by atoms with van der Waals surface area (Å²) in [6.45, 7) is 1.94. The van der Waals surface area contributed by atoms with Crippen molar-refractivity contribution in [2.75, 3.05) is 7.05 Å². The first-order chi connectivity index (χ1) is 8.11. The Kier molecular flexibility index (Phi) is 3.66. The summed E-state index contributed by atoms with van der Waals surface area (Å²) in [5.41, 5.74) is 0.776. The molecular weight excluding hydrogens is 261 g/mol. The van der Waals surface area contributed by atoms with E-state index in [1.54, 1.807) is 18.2 Å². The Morgan fingerprint density at radius 1 is 1.29 bits per heavy atom. The minimum atomic E-state index is 0.0130. The lowest BCUT2D eigenvalue weighted by Gasteiger charge is -2.01. The van der Waals surface area contributed by atoms with Gasteiger partial charge in [-0.3, -0.25) is 0 Å². The fourth-order valence-electron chi connectivity index (χ4n) is 1.29. The van der Waals surface area contributed by atoms with Crippen molar-refractivity contribution in [3.63, 3.8) is 0 Å². The Balaban J connectivity index is 2.33. The number of rotatable bonds is 3. The van der Waals surface area contributed by atoms with Crippen LogP contribution < -0.4 is 5.32 Å². The molecule has 0 bridgehead atoms. The van der Waals surface area contributed by atoms with Gasteiger partial charge in [-0.25, -0.2) is 0 Å². The van der Waals surface area contributed by atoms with Gasteiger partial charge < -0.3 is 9.84 Å². The first-order valence-electron chi connectivity index (χ1n) is 5.08. The van der Waals surface area contributed by atoms with Gasteiger partial charge in [0.05, 0.1) is 16.1 Å². The molecule has 0 aliphatic heterocycles. The van der Waals surface area contributed by atoms with Crippen molar-refractivity contribution >= 4 is 23.2 Å². The molecule has 0 amide bonds. The fourth-order valence-corrected chi connectivity index (χ4v) is 1.59. The van der Waals surface area contributed by atoms with E-state index in [-0.39, 0.29) is 6.04 Å². The molecule has 0 aliphatic carbocycles. The molecule has 17 heavy (non-hydrogen) atoms. The smallest absolute Gasteiger partial charge is 0.243 e. The van der Waals surface area contributed by atoms with E-state index < -0.39 is 0 Å². The third-order valence-corrected chi connectivity index (χ3v) is 3.16. The van der Waals surface area contributed by atoms with Gasteiger partial charge in [0.1, 0.15) is 0 Å². The highest BCUT2D eigenvalue weighted by Crippen LogP contribution is 2.27. The monoisotopic (exact) mass is 271 g/mol. The van der Waals surface area contributed by atoms with E-state index in [4.69, 9.17) is 27.7 Å². The predicted octanol–water partition coefficient (Wildman–Crippen LogP) is 3.32. The number of aromatic nitrogens is 2. The largest absolute Gasteiger partial charge is 0.337 e. The maximum atomic E-state index is 5.93. The van der Waals surface area contributed by atoms with E-state index in [0.29, 0.717) is 21.8 Å². The molecule has 1 heterocycles. The number of nitrogens with one attached hydrogen (secondary N) is 1. The molecule has 0 aliphatic rings. The van der Waals surface area contributed by atoms with E-state index in [1.807, 2.05) is 14.0 Å². The van der Waals surface area contributed by atoms with Crippen LogP contribution in [0.5, 0.6) is 0 Å². The van der Waals surface area contributed by atoms with Crippen molar-refractivity contribution in [3.05, 3.63) is 34.1 Å². The van der Waals surface area contributed by atoms with Gasteiger partial charge in [-0.05, 0) is 32.2 Å². The van der Waals surface area contributed by atoms with E-state index in [2.05, 4.69) is 15.5 Å². The molecule has 2 aromatic rings. The molecule has 1 unspecified atom stereocenters. The molecule has 1 N–H and O–H groups in total. The molecule has 4 nitrogen and oxygen atoms in total. The Labute approximate surface area is 109 Å². The van der Waals surface area contributed by atoms with Crippen LogP contribution in [-0.2, 0) is 0 Å². The summed E-state index contributed by atoms with van der Waals surface area (Å²) in [7, 11) is 1.83. The number of halogens is 2. The Bertz CT molecular complexity index is 527. The van der Waals surface area contributed by atoms with Crippen LogP contribution >= 0.6 is 23.2 Å². The first-order valence-corrected chi connectivity index (χ1v) is 5.83. The summed E-state index contributed by atoms with van der Waals surface area (Å²) in [5.74, 6) is 1.04. The molecule has 1 aromatic heterocycles. The summed E-state index contributed by atoms with van der Waals surface area (Å²) in [6, 6.07) is 5.23. The summed E-state index contributed by atoms with van der Waals surface area (Å²) < 4.78 is 5.14. The van der Waals surface area contributed by atoms with Gasteiger partial charge in [0, 0.05) is 5.56 Å². The molecule has 0 saturated carbocycles. The van der Waals surface area contributed by atoms with Crippen LogP contribution in [0.15, 0.2) is 22.7 Å². The van der Waals surface area contributed by atoms with Crippen LogP contribution in [0.25, 0.3) is 11.4 Å². The second-order valence-corrected chi connectivity index (χ2v) is 4.41. The molecule has 90 valence electrons. The minimum Gasteiger partial charge on any atom is -0.337 e. The molecule has 2 rings (SSSR count). The highest BCUT2D eigenvalue weighted by atomic mass is 35.5. The zero-order chi connectivity index (χ0) is 12.4. The van der Waals surface area contributed by atoms with Gasteiger partial charge in [-0.15, -0.1) is 0 Å². The molecule has 1 atom stereocenters. The second-order valence-electron chi connectivity index (χ2n) is 3.60. The SMILES string of the molecule is CNC(C)c1nc(-c2ccc(Cl)c(Cl)c2)no1. The van der Waals surface area contributed by atoms with Crippen molar-refractivity contribution in [1.82, 2.24) is 15.5 Å². The second kappa shape index (κ2) is 5.04. The van der Waals surface area contributed by atoms with Crippen molar-refractivity contribution < 1.29 is 4.52 Å². The molecule has 1 aromatic carbocycles. The van der Waals surface area contributed by atoms with Crippen LogP contribution in [0, 0.1) is 0 Å². The lowest BCUT2D eigenvalue weighted by atomic mass is 10.2. The van der Waals surface area contributed by atoms with Crippen LogP contribution in [0.2, 0.25) is 10.0 Å². The van der Waals surface area contributed by atoms with Crippen molar-refractivity contribution in [1.29, 1.82) is 0 Å². The third kappa shape index (κ3) is 2.60. The Hall–Kier alpha value is -1.10. The zero-order valence-corrected chi connectivity index (χ0v) is 10.9. The molecule has 0 fully saturated rings. The average Bonchev–Trinajstić information content (AvgIpc) is 2.81. The Morgan fingerprint density at radius 3 is 2.71 bits per heavy atom. The molecule has 0 radical (unpaired) electrons. The first kappa shape index (κ1) is 12.4. The number of hydrogen-bond donors (Lipinski definition) is 1. The lowest BCUT2D eigenvalue weighted by molar-refractivity contribution is 0.347. The van der Waals surface area contributed by atoms with Crippen molar-refractivity contribution in [3.8, 4) is 11.4 Å². The average molecular weight is 272 g/mol. The molecule has 6 heteroatoms. The van der Waals surface area contributed by atoms with Gasteiger partial charge in [0.25, 0.3) is 0 Å². The summed E-state index contributed by atoms with van der Waals surface area (Å²) in [6.07, 6.45) is 0. The summed E-state index contributed by atoms with van der Waals surface area (Å²) >= 11 is 11.8. The quantitative estimate of drug-likeness (QED) is 0.931. The van der Waals surface area contributed by atoms with Gasteiger partial charge in [-0.1, -0.05) is 28.4 Å². The number of benzene rings is 1. The van der Waals surface area contributed by atoms with Crippen LogP contribution in [0.3, 0.4) is 0 Å². The minimum absolute atomic E-state index is 0.0130. The van der Waals surface area contributed by atoms with Crippen LogP contribution in [-0.4, -0.2) is 17.2 Å². The standard InChI is InChI=1S/C11H11Cl2N3O/c1-6(14-2)11-15-10(16-17-11)7-3-4-8(12)9(13)5-7/h3-6,14H,1-2H3. The van der Waals surface area contributed by atoms with Gasteiger partial charge in [0.15, 0.2) is 0 Å². The van der Waals surface area contributed by atoms with Crippen LogP contribution in [0.1, 0.15) is 18.9 Å². The molecular formula is C11H11Cl2N3O. The summed E-state index contributed by atoms with van der Waals surface area (Å²) in [5, 5.41) is 7.89. The van der Waals surface area contributed by atoms with Gasteiger partial charge in [0.2, 0.25) is 11.7 Å². The van der Waals surface area contributed by atoms with E-state index in [9.17, 15) is 0 Å². The number of hydrogen-bond acceptors (Lipinski definition) is 4. The maximum absolute atomic E-state index is 5.93.